The zero-order valence-corrected chi connectivity index (χ0v) is 14.0. The van der Waals surface area contributed by atoms with E-state index < -0.39 is 0 Å². The van der Waals surface area contributed by atoms with Crippen LogP contribution in [0.1, 0.15) is 31.7 Å². The van der Waals surface area contributed by atoms with Crippen molar-refractivity contribution >= 4 is 29.4 Å². The van der Waals surface area contributed by atoms with Gasteiger partial charge < -0.3 is 15.4 Å². The van der Waals surface area contributed by atoms with Crippen LogP contribution in [0.3, 0.4) is 0 Å². The lowest BCUT2D eigenvalue weighted by atomic mass is 10.2. The lowest BCUT2D eigenvalue weighted by Gasteiger charge is -2.09. The summed E-state index contributed by atoms with van der Waals surface area (Å²) in [4.78, 5) is 22.8. The molecule has 22 heavy (non-hydrogen) atoms. The van der Waals surface area contributed by atoms with Crippen molar-refractivity contribution in [3.05, 3.63) is 29.8 Å². The summed E-state index contributed by atoms with van der Waals surface area (Å²) in [5.74, 6) is 0.792. The number of carbonyl (C=O) groups is 2. The molecule has 0 aliphatic carbocycles. The molecule has 0 atom stereocenters. The Morgan fingerprint density at radius 2 is 2.09 bits per heavy atom. The molecule has 2 amide bonds. The number of methoxy groups -OCH3 is 1. The maximum absolute atomic E-state index is 11.7. The third-order valence-corrected chi connectivity index (χ3v) is 3.94. The van der Waals surface area contributed by atoms with Gasteiger partial charge >= 0.3 is 12.0 Å². The van der Waals surface area contributed by atoms with E-state index >= 15 is 0 Å². The van der Waals surface area contributed by atoms with Crippen molar-refractivity contribution in [2.45, 2.75) is 31.9 Å². The molecule has 1 aromatic carbocycles. The summed E-state index contributed by atoms with van der Waals surface area (Å²) in [6.45, 7) is 2.82. The highest BCUT2D eigenvalue weighted by molar-refractivity contribution is 7.99. The van der Waals surface area contributed by atoms with E-state index in [1.54, 1.807) is 0 Å². The molecule has 0 saturated heterocycles. The van der Waals surface area contributed by atoms with Crippen LogP contribution in [0, 0.1) is 0 Å². The van der Waals surface area contributed by atoms with Gasteiger partial charge in [-0.25, -0.2) is 4.79 Å². The van der Waals surface area contributed by atoms with Crippen molar-refractivity contribution in [2.24, 2.45) is 0 Å². The van der Waals surface area contributed by atoms with Crippen molar-refractivity contribution in [3.63, 3.8) is 0 Å². The van der Waals surface area contributed by atoms with Gasteiger partial charge in [-0.15, -0.1) is 11.8 Å². The van der Waals surface area contributed by atoms with Gasteiger partial charge in [0.1, 0.15) is 0 Å². The Bertz CT molecular complexity index is 480. The highest BCUT2D eigenvalue weighted by atomic mass is 32.2. The Kier molecular flexibility index (Phi) is 9.14. The number of carbonyl (C=O) groups excluding carboxylic acids is 2. The van der Waals surface area contributed by atoms with Gasteiger partial charge in [0, 0.05) is 18.0 Å². The van der Waals surface area contributed by atoms with Crippen molar-refractivity contribution in [3.8, 4) is 0 Å². The highest BCUT2D eigenvalue weighted by Crippen LogP contribution is 2.16. The number of anilines is 1. The largest absolute Gasteiger partial charge is 0.468 e. The average molecular weight is 324 g/mol. The first kappa shape index (κ1) is 18.4. The lowest BCUT2D eigenvalue weighted by Crippen LogP contribution is -2.29. The summed E-state index contributed by atoms with van der Waals surface area (Å²) in [7, 11) is 1.38. The zero-order valence-electron chi connectivity index (χ0n) is 13.2. The van der Waals surface area contributed by atoms with Gasteiger partial charge in [-0.05, 0) is 24.1 Å². The molecular formula is C16H24N2O3S. The Morgan fingerprint density at radius 3 is 2.82 bits per heavy atom. The van der Waals surface area contributed by atoms with Crippen molar-refractivity contribution in [2.75, 3.05) is 24.7 Å². The van der Waals surface area contributed by atoms with Gasteiger partial charge in [-0.2, -0.15) is 0 Å². The zero-order chi connectivity index (χ0) is 16.2. The maximum atomic E-state index is 11.7. The van der Waals surface area contributed by atoms with Crippen LogP contribution in [-0.2, 0) is 15.3 Å². The van der Waals surface area contributed by atoms with E-state index in [0.29, 0.717) is 18.1 Å². The molecule has 0 aliphatic heterocycles. The summed E-state index contributed by atoms with van der Waals surface area (Å²) in [5.41, 5.74) is 1.81. The summed E-state index contributed by atoms with van der Waals surface area (Å²) >= 11 is 1.48. The fourth-order valence-electron chi connectivity index (χ4n) is 1.80. The van der Waals surface area contributed by atoms with Crippen LogP contribution in [0.5, 0.6) is 0 Å². The summed E-state index contributed by atoms with van der Waals surface area (Å²) < 4.78 is 4.59. The predicted octanol–water partition coefficient (Wildman–Crippen LogP) is 3.40. The molecule has 1 aromatic rings. The van der Waals surface area contributed by atoms with Crippen molar-refractivity contribution < 1.29 is 14.3 Å². The molecule has 5 nitrogen and oxygen atoms in total. The average Bonchev–Trinajstić information content (AvgIpc) is 2.52. The molecular weight excluding hydrogens is 300 g/mol. The van der Waals surface area contributed by atoms with Crippen LogP contribution in [0.15, 0.2) is 24.3 Å². The van der Waals surface area contributed by atoms with E-state index in [-0.39, 0.29) is 12.0 Å². The molecule has 0 saturated carbocycles. The normalized spacial score (nSPS) is 10.1. The third kappa shape index (κ3) is 7.93. The Labute approximate surface area is 136 Å². The summed E-state index contributed by atoms with van der Waals surface area (Å²) in [6.07, 6.45) is 3.25. The predicted molar refractivity (Wildman–Crippen MR) is 91.2 cm³/mol. The van der Waals surface area contributed by atoms with Crippen molar-refractivity contribution in [1.29, 1.82) is 0 Å². The molecule has 122 valence electrons. The second kappa shape index (κ2) is 11.0. The van der Waals surface area contributed by atoms with Gasteiger partial charge in [0.25, 0.3) is 0 Å². The molecule has 0 heterocycles. The van der Waals surface area contributed by atoms with Crippen molar-refractivity contribution in [1.82, 2.24) is 5.32 Å². The fraction of sp³-hybridized carbons (Fsp3) is 0.500. The van der Waals surface area contributed by atoms with E-state index in [2.05, 4.69) is 22.3 Å². The minimum Gasteiger partial charge on any atom is -0.468 e. The van der Waals surface area contributed by atoms with Gasteiger partial charge in [-0.1, -0.05) is 31.9 Å². The SMILES string of the molecule is CCCCCNC(=O)Nc1cccc(CSCC(=O)OC)c1. The van der Waals surface area contributed by atoms with Gasteiger partial charge in [-0.3, -0.25) is 4.79 Å². The van der Waals surface area contributed by atoms with Crippen LogP contribution in [0.25, 0.3) is 0 Å². The molecule has 0 aliphatic rings. The summed E-state index contributed by atoms with van der Waals surface area (Å²) in [6, 6.07) is 7.43. The molecule has 2 N–H and O–H groups in total. The number of urea groups is 1. The number of hydrogen-bond donors (Lipinski definition) is 2. The highest BCUT2D eigenvalue weighted by Gasteiger charge is 2.04. The van der Waals surface area contributed by atoms with E-state index in [1.165, 1.54) is 18.9 Å². The number of hydrogen-bond acceptors (Lipinski definition) is 4. The number of thioether (sulfide) groups is 1. The van der Waals surface area contributed by atoms with Crippen LogP contribution in [0.2, 0.25) is 0 Å². The Balaban J connectivity index is 2.36. The number of esters is 1. The standard InChI is InChI=1S/C16H24N2O3S/c1-3-4-5-9-17-16(20)18-14-8-6-7-13(10-14)11-22-12-15(19)21-2/h6-8,10H,3-5,9,11-12H2,1-2H3,(H2,17,18,20). The van der Waals surface area contributed by atoms with Crippen LogP contribution in [0.4, 0.5) is 10.5 Å². The number of ether oxygens (including phenoxy) is 1. The fourth-order valence-corrected chi connectivity index (χ4v) is 2.60. The monoisotopic (exact) mass is 324 g/mol. The molecule has 0 bridgehead atoms. The number of nitrogens with one attached hydrogen (secondary N) is 2. The quantitative estimate of drug-likeness (QED) is 0.539. The lowest BCUT2D eigenvalue weighted by molar-refractivity contribution is -0.137. The topological polar surface area (TPSA) is 67.4 Å². The third-order valence-electron chi connectivity index (χ3n) is 2.97. The van der Waals surface area contributed by atoms with E-state index in [0.717, 1.165) is 30.5 Å². The molecule has 1 rings (SSSR count). The molecule has 0 radical (unpaired) electrons. The van der Waals surface area contributed by atoms with Crippen LogP contribution in [-0.4, -0.2) is 31.4 Å². The second-order valence-corrected chi connectivity index (χ2v) is 5.84. The summed E-state index contributed by atoms with van der Waals surface area (Å²) in [5, 5.41) is 5.65. The van der Waals surface area contributed by atoms with E-state index in [4.69, 9.17) is 0 Å². The number of rotatable bonds is 9. The van der Waals surface area contributed by atoms with Crippen LogP contribution >= 0.6 is 11.8 Å². The van der Waals surface area contributed by atoms with Crippen LogP contribution < -0.4 is 10.6 Å². The van der Waals surface area contributed by atoms with E-state index in [9.17, 15) is 9.59 Å². The first-order chi connectivity index (χ1) is 10.7. The smallest absolute Gasteiger partial charge is 0.319 e. The molecule has 0 fully saturated rings. The first-order valence-electron chi connectivity index (χ1n) is 7.44. The van der Waals surface area contributed by atoms with E-state index in [1.807, 2.05) is 24.3 Å². The van der Waals surface area contributed by atoms with Gasteiger partial charge in [0.2, 0.25) is 0 Å². The number of unbranched alkanes of at least 4 members (excludes halogenated alkanes) is 2. The number of amides is 2. The maximum Gasteiger partial charge on any atom is 0.319 e. The van der Waals surface area contributed by atoms with Gasteiger partial charge in [0.05, 0.1) is 12.9 Å². The van der Waals surface area contributed by atoms with Gasteiger partial charge in [0.15, 0.2) is 0 Å². The Hall–Kier alpha value is -1.69. The second-order valence-electron chi connectivity index (χ2n) is 4.86. The minimum absolute atomic E-state index is 0.185. The first-order valence-corrected chi connectivity index (χ1v) is 8.59. The molecule has 0 unspecified atom stereocenters. The molecule has 0 aromatic heterocycles. The number of benzene rings is 1. The Morgan fingerprint density at radius 1 is 1.27 bits per heavy atom. The molecule has 0 spiro atoms. The minimum atomic E-state index is -0.231. The molecule has 6 heteroatoms.